The maximum Gasteiger partial charge on any atom is 0.239 e. The number of carbonyl (C=O) groups excluding carboxylic acids is 1. The second-order valence-corrected chi connectivity index (χ2v) is 3.68. The summed E-state index contributed by atoms with van der Waals surface area (Å²) < 4.78 is 0. The molecule has 0 aromatic carbocycles. The summed E-state index contributed by atoms with van der Waals surface area (Å²) in [7, 11) is 1.81. The number of anilines is 2. The molecule has 1 amide bonds. The van der Waals surface area contributed by atoms with E-state index in [-0.39, 0.29) is 5.91 Å². The van der Waals surface area contributed by atoms with Crippen LogP contribution in [-0.2, 0) is 4.79 Å². The molecule has 0 radical (unpaired) electrons. The molecule has 1 saturated heterocycles. The van der Waals surface area contributed by atoms with Crippen LogP contribution >= 0.6 is 0 Å². The summed E-state index contributed by atoms with van der Waals surface area (Å²) in [6, 6.07) is 1.85. The molecule has 2 rings (SSSR count). The van der Waals surface area contributed by atoms with Gasteiger partial charge < -0.3 is 15.5 Å². The summed E-state index contributed by atoms with van der Waals surface area (Å²) in [5.74, 6) is 2.31. The molecule has 1 aromatic rings. The largest absolute Gasteiger partial charge is 0.373 e. The Labute approximate surface area is 94.1 Å². The Bertz CT molecular complexity index is 406. The minimum Gasteiger partial charge on any atom is -0.373 e. The summed E-state index contributed by atoms with van der Waals surface area (Å²) in [6.45, 7) is 3.65. The fourth-order valence-electron chi connectivity index (χ4n) is 1.68. The van der Waals surface area contributed by atoms with E-state index < -0.39 is 0 Å². The average molecular weight is 221 g/mol. The van der Waals surface area contributed by atoms with Crippen LogP contribution in [0, 0.1) is 6.92 Å². The summed E-state index contributed by atoms with van der Waals surface area (Å²) in [4.78, 5) is 21.8. The first-order chi connectivity index (χ1) is 7.69. The highest BCUT2D eigenvalue weighted by Crippen LogP contribution is 2.15. The first-order valence-electron chi connectivity index (χ1n) is 5.24. The van der Waals surface area contributed by atoms with Crippen molar-refractivity contribution in [3.05, 3.63) is 11.9 Å². The molecule has 0 aliphatic carbocycles. The fourth-order valence-corrected chi connectivity index (χ4v) is 1.68. The highest BCUT2D eigenvalue weighted by molar-refractivity contribution is 5.82. The molecule has 0 spiro atoms. The number of aromatic nitrogens is 2. The molecule has 1 aliphatic heterocycles. The molecule has 1 aromatic heterocycles. The normalized spacial score (nSPS) is 15.9. The van der Waals surface area contributed by atoms with Gasteiger partial charge in [-0.2, -0.15) is 0 Å². The monoisotopic (exact) mass is 221 g/mol. The van der Waals surface area contributed by atoms with Crippen LogP contribution in [0.1, 0.15) is 5.82 Å². The van der Waals surface area contributed by atoms with E-state index in [0.29, 0.717) is 18.9 Å². The molecule has 6 heteroatoms. The third kappa shape index (κ3) is 2.21. The van der Waals surface area contributed by atoms with Gasteiger partial charge in [-0.3, -0.25) is 4.79 Å². The van der Waals surface area contributed by atoms with Crippen LogP contribution in [0.2, 0.25) is 0 Å². The molecule has 1 fully saturated rings. The lowest BCUT2D eigenvalue weighted by molar-refractivity contribution is -0.120. The Hall–Kier alpha value is -1.85. The Morgan fingerprint density at radius 2 is 2.31 bits per heavy atom. The summed E-state index contributed by atoms with van der Waals surface area (Å²) >= 11 is 0. The highest BCUT2D eigenvalue weighted by atomic mass is 16.2. The third-order valence-electron chi connectivity index (χ3n) is 2.44. The van der Waals surface area contributed by atoms with Crippen molar-refractivity contribution in [2.24, 2.45) is 0 Å². The Kier molecular flexibility index (Phi) is 2.89. The van der Waals surface area contributed by atoms with Crippen molar-refractivity contribution in [3.63, 3.8) is 0 Å². The van der Waals surface area contributed by atoms with Gasteiger partial charge in [0.05, 0.1) is 6.54 Å². The zero-order valence-corrected chi connectivity index (χ0v) is 9.45. The lowest BCUT2D eigenvalue weighted by Gasteiger charge is -2.27. The van der Waals surface area contributed by atoms with Crippen molar-refractivity contribution in [1.82, 2.24) is 15.3 Å². The first-order valence-corrected chi connectivity index (χ1v) is 5.24. The first kappa shape index (κ1) is 10.7. The van der Waals surface area contributed by atoms with Gasteiger partial charge in [0.25, 0.3) is 0 Å². The number of hydrogen-bond donors (Lipinski definition) is 2. The molecule has 1 aliphatic rings. The van der Waals surface area contributed by atoms with Gasteiger partial charge in [0, 0.05) is 26.2 Å². The average Bonchev–Trinajstić information content (AvgIpc) is 2.28. The van der Waals surface area contributed by atoms with Gasteiger partial charge >= 0.3 is 0 Å². The summed E-state index contributed by atoms with van der Waals surface area (Å²) in [5, 5.41) is 5.77. The van der Waals surface area contributed by atoms with E-state index in [1.807, 2.05) is 24.9 Å². The Morgan fingerprint density at radius 1 is 1.50 bits per heavy atom. The minimum absolute atomic E-state index is 0.0357. The number of nitrogens with zero attached hydrogens (tertiary/aromatic N) is 3. The van der Waals surface area contributed by atoms with E-state index in [4.69, 9.17) is 0 Å². The highest BCUT2D eigenvalue weighted by Gasteiger charge is 2.18. The van der Waals surface area contributed by atoms with Crippen molar-refractivity contribution in [2.45, 2.75) is 6.92 Å². The molecule has 2 heterocycles. The standard InChI is InChI=1S/C10H15N5O/c1-7-13-8(11-2)5-9(14-7)15-4-3-12-10(16)6-15/h5H,3-4,6H2,1-2H3,(H,12,16)(H,11,13,14). The van der Waals surface area contributed by atoms with Gasteiger partial charge in [0.1, 0.15) is 17.5 Å². The molecule has 0 unspecified atom stereocenters. The van der Waals surface area contributed by atoms with E-state index in [2.05, 4.69) is 20.6 Å². The number of aryl methyl sites for hydroxylation is 1. The maximum atomic E-state index is 11.3. The smallest absolute Gasteiger partial charge is 0.239 e. The number of carbonyl (C=O) groups is 1. The molecular formula is C10H15N5O. The molecule has 0 atom stereocenters. The molecular weight excluding hydrogens is 206 g/mol. The minimum atomic E-state index is 0.0357. The molecule has 2 N–H and O–H groups in total. The van der Waals surface area contributed by atoms with Crippen LogP contribution in [0.25, 0.3) is 0 Å². The van der Waals surface area contributed by atoms with E-state index in [1.165, 1.54) is 0 Å². The second kappa shape index (κ2) is 4.34. The zero-order chi connectivity index (χ0) is 11.5. The lowest BCUT2D eigenvalue weighted by atomic mass is 10.3. The molecule has 86 valence electrons. The Morgan fingerprint density at radius 3 is 3.00 bits per heavy atom. The van der Waals surface area contributed by atoms with Crippen LogP contribution in [0.3, 0.4) is 0 Å². The van der Waals surface area contributed by atoms with Crippen LogP contribution in [0.15, 0.2) is 6.07 Å². The van der Waals surface area contributed by atoms with Crippen LogP contribution in [0.4, 0.5) is 11.6 Å². The van der Waals surface area contributed by atoms with Crippen molar-refractivity contribution < 1.29 is 4.79 Å². The van der Waals surface area contributed by atoms with Gasteiger partial charge in [-0.05, 0) is 6.92 Å². The number of nitrogens with one attached hydrogen (secondary N) is 2. The number of rotatable bonds is 2. The van der Waals surface area contributed by atoms with E-state index in [1.54, 1.807) is 0 Å². The van der Waals surface area contributed by atoms with Crippen LogP contribution < -0.4 is 15.5 Å². The summed E-state index contributed by atoms with van der Waals surface area (Å²) in [6.07, 6.45) is 0. The van der Waals surface area contributed by atoms with E-state index in [0.717, 1.165) is 18.2 Å². The van der Waals surface area contributed by atoms with Crippen molar-refractivity contribution >= 4 is 17.5 Å². The Balaban J connectivity index is 2.24. The molecule has 0 saturated carbocycles. The number of piperazine rings is 1. The van der Waals surface area contributed by atoms with Crippen molar-refractivity contribution in [1.29, 1.82) is 0 Å². The second-order valence-electron chi connectivity index (χ2n) is 3.68. The SMILES string of the molecule is CNc1cc(N2CCNC(=O)C2)nc(C)n1. The van der Waals surface area contributed by atoms with Gasteiger partial charge in [-0.1, -0.05) is 0 Å². The van der Waals surface area contributed by atoms with Gasteiger partial charge in [0.15, 0.2) is 0 Å². The summed E-state index contributed by atoms with van der Waals surface area (Å²) in [5.41, 5.74) is 0. The lowest BCUT2D eigenvalue weighted by Crippen LogP contribution is -2.48. The fraction of sp³-hybridized carbons (Fsp3) is 0.500. The van der Waals surface area contributed by atoms with Gasteiger partial charge in [-0.25, -0.2) is 9.97 Å². The van der Waals surface area contributed by atoms with Gasteiger partial charge in [-0.15, -0.1) is 0 Å². The topological polar surface area (TPSA) is 70.2 Å². The van der Waals surface area contributed by atoms with Crippen molar-refractivity contribution in [3.8, 4) is 0 Å². The molecule has 16 heavy (non-hydrogen) atoms. The molecule has 0 bridgehead atoms. The number of amides is 1. The van der Waals surface area contributed by atoms with E-state index >= 15 is 0 Å². The van der Waals surface area contributed by atoms with Crippen molar-refractivity contribution in [2.75, 3.05) is 36.9 Å². The van der Waals surface area contributed by atoms with Crippen LogP contribution in [0.5, 0.6) is 0 Å². The molecule has 6 nitrogen and oxygen atoms in total. The predicted octanol–water partition coefficient (Wildman–Crippen LogP) is -0.237. The predicted molar refractivity (Wildman–Crippen MR) is 61.5 cm³/mol. The van der Waals surface area contributed by atoms with E-state index in [9.17, 15) is 4.79 Å². The quantitative estimate of drug-likeness (QED) is 0.721. The number of hydrogen-bond acceptors (Lipinski definition) is 5. The third-order valence-corrected chi connectivity index (χ3v) is 2.44. The van der Waals surface area contributed by atoms with Crippen LogP contribution in [-0.4, -0.2) is 42.6 Å². The zero-order valence-electron chi connectivity index (χ0n) is 9.45. The maximum absolute atomic E-state index is 11.3. The van der Waals surface area contributed by atoms with Gasteiger partial charge in [0.2, 0.25) is 5.91 Å².